The van der Waals surface area contributed by atoms with E-state index in [0.717, 1.165) is 22.2 Å². The van der Waals surface area contributed by atoms with Crippen molar-refractivity contribution < 1.29 is 14.9 Å². The third-order valence-corrected chi connectivity index (χ3v) is 4.01. The molecule has 1 aromatic rings. The predicted molar refractivity (Wildman–Crippen MR) is 71.3 cm³/mol. The highest BCUT2D eigenvalue weighted by Crippen LogP contribution is 2.31. The third-order valence-electron chi connectivity index (χ3n) is 3.24. The maximum Gasteiger partial charge on any atom is 0.119 e. The highest BCUT2D eigenvalue weighted by molar-refractivity contribution is 9.10. The van der Waals surface area contributed by atoms with Gasteiger partial charge in [0.1, 0.15) is 5.75 Å². The quantitative estimate of drug-likeness (QED) is 0.848. The van der Waals surface area contributed by atoms with Gasteiger partial charge in [0.25, 0.3) is 0 Å². The van der Waals surface area contributed by atoms with Crippen LogP contribution < -0.4 is 4.74 Å². The van der Waals surface area contributed by atoms with Crippen LogP contribution in [0.15, 0.2) is 22.7 Å². The lowest BCUT2D eigenvalue weighted by Crippen LogP contribution is -2.31. The first kappa shape index (κ1) is 14.5. The molecule has 0 aliphatic rings. The standard InChI is InChI=1S/C13H19BrO3/c1-3-13(8-15,9-16)7-10-6-11(17-2)4-5-12(10)14/h4-6,15-16H,3,7-9H2,1-2H3. The summed E-state index contributed by atoms with van der Waals surface area (Å²) in [5.74, 6) is 0.782. The number of aliphatic hydroxyl groups excluding tert-OH is 2. The molecule has 0 spiro atoms. The van der Waals surface area contributed by atoms with Crippen LogP contribution in [0, 0.1) is 5.41 Å². The fourth-order valence-corrected chi connectivity index (χ4v) is 2.11. The molecule has 0 aromatic heterocycles. The maximum absolute atomic E-state index is 9.45. The fourth-order valence-electron chi connectivity index (χ4n) is 1.73. The molecule has 0 aliphatic carbocycles. The molecule has 0 atom stereocenters. The van der Waals surface area contributed by atoms with Crippen LogP contribution in [0.3, 0.4) is 0 Å². The Hall–Kier alpha value is -0.580. The topological polar surface area (TPSA) is 49.7 Å². The highest BCUT2D eigenvalue weighted by atomic mass is 79.9. The minimum atomic E-state index is -0.463. The summed E-state index contributed by atoms with van der Waals surface area (Å²) < 4.78 is 6.15. The second-order valence-corrected chi connectivity index (χ2v) is 5.16. The fraction of sp³-hybridized carbons (Fsp3) is 0.538. The number of methoxy groups -OCH3 is 1. The molecule has 0 radical (unpaired) electrons. The van der Waals surface area contributed by atoms with Crippen LogP contribution in [0.2, 0.25) is 0 Å². The molecule has 1 rings (SSSR count). The van der Waals surface area contributed by atoms with E-state index in [2.05, 4.69) is 15.9 Å². The summed E-state index contributed by atoms with van der Waals surface area (Å²) in [5.41, 5.74) is 0.573. The average Bonchev–Trinajstić information content (AvgIpc) is 2.38. The lowest BCUT2D eigenvalue weighted by Gasteiger charge is -2.29. The molecule has 17 heavy (non-hydrogen) atoms. The van der Waals surface area contributed by atoms with E-state index in [1.165, 1.54) is 0 Å². The van der Waals surface area contributed by atoms with Crippen LogP contribution in [-0.2, 0) is 6.42 Å². The first-order chi connectivity index (χ1) is 8.10. The molecule has 0 amide bonds. The molecule has 3 nitrogen and oxygen atoms in total. The zero-order valence-corrected chi connectivity index (χ0v) is 11.8. The van der Waals surface area contributed by atoms with Gasteiger partial charge < -0.3 is 14.9 Å². The van der Waals surface area contributed by atoms with Crippen LogP contribution in [0.1, 0.15) is 18.9 Å². The molecule has 96 valence electrons. The van der Waals surface area contributed by atoms with Crippen molar-refractivity contribution in [3.63, 3.8) is 0 Å². The van der Waals surface area contributed by atoms with E-state index in [1.807, 2.05) is 25.1 Å². The van der Waals surface area contributed by atoms with E-state index in [0.29, 0.717) is 6.42 Å². The Morgan fingerprint density at radius 3 is 2.41 bits per heavy atom. The van der Waals surface area contributed by atoms with Gasteiger partial charge in [0.2, 0.25) is 0 Å². The molecule has 2 N–H and O–H groups in total. The van der Waals surface area contributed by atoms with Gasteiger partial charge in [0.05, 0.1) is 20.3 Å². The minimum Gasteiger partial charge on any atom is -0.497 e. The van der Waals surface area contributed by atoms with Gasteiger partial charge in [0.15, 0.2) is 0 Å². The summed E-state index contributed by atoms with van der Waals surface area (Å²) in [5, 5.41) is 18.9. The first-order valence-electron chi connectivity index (χ1n) is 5.65. The number of rotatable bonds is 6. The van der Waals surface area contributed by atoms with Crippen molar-refractivity contribution in [3.8, 4) is 5.75 Å². The molecule has 0 fully saturated rings. The van der Waals surface area contributed by atoms with E-state index in [9.17, 15) is 10.2 Å². The molecule has 0 unspecified atom stereocenters. The van der Waals surface area contributed by atoms with Gasteiger partial charge in [-0.05, 0) is 36.6 Å². The monoisotopic (exact) mass is 302 g/mol. The van der Waals surface area contributed by atoms with Crippen LogP contribution in [0.5, 0.6) is 5.75 Å². The van der Waals surface area contributed by atoms with E-state index < -0.39 is 5.41 Å². The highest BCUT2D eigenvalue weighted by Gasteiger charge is 2.27. The van der Waals surface area contributed by atoms with Gasteiger partial charge in [-0.15, -0.1) is 0 Å². The molecule has 4 heteroatoms. The number of aliphatic hydroxyl groups is 2. The molecule has 0 heterocycles. The molecule has 0 aliphatic heterocycles. The molecule has 0 saturated heterocycles. The number of hydrogen-bond donors (Lipinski definition) is 2. The Kier molecular flexibility index (Phi) is 5.43. The van der Waals surface area contributed by atoms with Crippen molar-refractivity contribution in [1.82, 2.24) is 0 Å². The van der Waals surface area contributed by atoms with Crippen molar-refractivity contribution in [2.45, 2.75) is 19.8 Å². The van der Waals surface area contributed by atoms with E-state index in [4.69, 9.17) is 4.74 Å². The zero-order chi connectivity index (χ0) is 12.9. The Labute approximate surface area is 111 Å². The molecule has 0 bridgehead atoms. The Balaban J connectivity index is 2.99. The van der Waals surface area contributed by atoms with Crippen LogP contribution in [-0.4, -0.2) is 30.5 Å². The smallest absolute Gasteiger partial charge is 0.119 e. The lowest BCUT2D eigenvalue weighted by atomic mass is 9.81. The molecule has 0 saturated carbocycles. The average molecular weight is 303 g/mol. The lowest BCUT2D eigenvalue weighted by molar-refractivity contribution is 0.0512. The summed E-state index contributed by atoms with van der Waals surface area (Å²) in [6.45, 7) is 1.92. The van der Waals surface area contributed by atoms with Crippen molar-refractivity contribution in [2.24, 2.45) is 5.41 Å². The van der Waals surface area contributed by atoms with Crippen molar-refractivity contribution in [2.75, 3.05) is 20.3 Å². The molecular formula is C13H19BrO3. The zero-order valence-electron chi connectivity index (χ0n) is 10.2. The summed E-state index contributed by atoms with van der Waals surface area (Å²) >= 11 is 3.48. The maximum atomic E-state index is 9.45. The number of halogens is 1. The van der Waals surface area contributed by atoms with Crippen molar-refractivity contribution >= 4 is 15.9 Å². The Bertz CT molecular complexity index is 353. The van der Waals surface area contributed by atoms with Crippen molar-refractivity contribution in [3.05, 3.63) is 28.2 Å². The third kappa shape index (κ3) is 3.44. The van der Waals surface area contributed by atoms with E-state index >= 15 is 0 Å². The van der Waals surface area contributed by atoms with E-state index in [1.54, 1.807) is 7.11 Å². The largest absolute Gasteiger partial charge is 0.497 e. The van der Waals surface area contributed by atoms with Gasteiger partial charge >= 0.3 is 0 Å². The van der Waals surface area contributed by atoms with E-state index in [-0.39, 0.29) is 13.2 Å². The minimum absolute atomic E-state index is 0.0242. The Morgan fingerprint density at radius 1 is 1.29 bits per heavy atom. The van der Waals surface area contributed by atoms with Crippen LogP contribution >= 0.6 is 15.9 Å². The van der Waals surface area contributed by atoms with Gasteiger partial charge in [-0.1, -0.05) is 22.9 Å². The molecular weight excluding hydrogens is 284 g/mol. The summed E-state index contributed by atoms with van der Waals surface area (Å²) in [4.78, 5) is 0. The Morgan fingerprint density at radius 2 is 1.94 bits per heavy atom. The summed E-state index contributed by atoms with van der Waals surface area (Å²) in [6.07, 6.45) is 1.35. The molecule has 1 aromatic carbocycles. The second kappa shape index (κ2) is 6.38. The summed E-state index contributed by atoms with van der Waals surface area (Å²) in [6, 6.07) is 5.72. The van der Waals surface area contributed by atoms with Crippen LogP contribution in [0.4, 0.5) is 0 Å². The SMILES string of the molecule is CCC(CO)(CO)Cc1cc(OC)ccc1Br. The normalized spacial score (nSPS) is 11.6. The van der Waals surface area contributed by atoms with Gasteiger partial charge in [0, 0.05) is 9.89 Å². The van der Waals surface area contributed by atoms with Gasteiger partial charge in [-0.25, -0.2) is 0 Å². The number of hydrogen-bond acceptors (Lipinski definition) is 3. The van der Waals surface area contributed by atoms with Crippen molar-refractivity contribution in [1.29, 1.82) is 0 Å². The van der Waals surface area contributed by atoms with Gasteiger partial charge in [-0.3, -0.25) is 0 Å². The second-order valence-electron chi connectivity index (χ2n) is 4.30. The number of ether oxygens (including phenoxy) is 1. The van der Waals surface area contributed by atoms with Gasteiger partial charge in [-0.2, -0.15) is 0 Å². The first-order valence-corrected chi connectivity index (χ1v) is 6.44. The van der Waals surface area contributed by atoms with Crippen LogP contribution in [0.25, 0.3) is 0 Å². The predicted octanol–water partition coefficient (Wildman–Crippen LogP) is 2.38. The number of benzene rings is 1. The summed E-state index contributed by atoms with van der Waals surface area (Å²) in [7, 11) is 1.62.